The summed E-state index contributed by atoms with van der Waals surface area (Å²) >= 11 is 0. The van der Waals surface area contributed by atoms with Crippen LogP contribution in [0.3, 0.4) is 0 Å². The van der Waals surface area contributed by atoms with E-state index >= 15 is 0 Å². The number of primary sulfonamides is 1. The molecular weight excluding hydrogens is 372 g/mol. The highest BCUT2D eigenvalue weighted by Crippen LogP contribution is 2.38. The Bertz CT molecular complexity index is 1140. The van der Waals surface area contributed by atoms with Gasteiger partial charge in [0.2, 0.25) is 10.0 Å². The minimum atomic E-state index is -3.82. The lowest BCUT2D eigenvalue weighted by molar-refractivity contribution is 0.596. The summed E-state index contributed by atoms with van der Waals surface area (Å²) in [6, 6.07) is 12.0. The molecule has 3 N–H and O–H groups in total. The van der Waals surface area contributed by atoms with Crippen molar-refractivity contribution in [2.75, 3.05) is 5.32 Å². The highest BCUT2D eigenvalue weighted by Gasteiger charge is 2.24. The first-order valence-corrected chi connectivity index (χ1v) is 10.9. The van der Waals surface area contributed by atoms with E-state index in [1.807, 2.05) is 17.8 Å². The molecule has 28 heavy (non-hydrogen) atoms. The van der Waals surface area contributed by atoms with Gasteiger partial charge in [0, 0.05) is 24.5 Å². The summed E-state index contributed by atoms with van der Waals surface area (Å²) in [7, 11) is -1.93. The van der Waals surface area contributed by atoms with Crippen LogP contribution in [0, 0.1) is 6.92 Å². The average Bonchev–Trinajstić information content (AvgIpc) is 3.07. The van der Waals surface area contributed by atoms with E-state index in [4.69, 9.17) is 5.14 Å². The predicted octanol–water partition coefficient (Wildman–Crippen LogP) is 3.53. The topological polar surface area (TPSA) is 90.0 Å². The number of nitrogens with two attached hydrogens (primary N) is 1. The van der Waals surface area contributed by atoms with Gasteiger partial charge in [-0.1, -0.05) is 24.3 Å². The zero-order valence-electron chi connectivity index (χ0n) is 16.0. The van der Waals surface area contributed by atoms with Gasteiger partial charge in [-0.15, -0.1) is 0 Å². The molecule has 2 aromatic carbocycles. The number of rotatable bonds is 4. The Morgan fingerprint density at radius 3 is 2.71 bits per heavy atom. The van der Waals surface area contributed by atoms with E-state index in [2.05, 4.69) is 34.6 Å². The van der Waals surface area contributed by atoms with Crippen LogP contribution in [0.15, 0.2) is 53.8 Å². The lowest BCUT2D eigenvalue weighted by Crippen LogP contribution is -2.19. The van der Waals surface area contributed by atoms with Crippen molar-refractivity contribution in [2.45, 2.75) is 37.1 Å². The Labute approximate surface area is 165 Å². The minimum Gasteiger partial charge on any atom is -0.378 e. The maximum absolute atomic E-state index is 12.0. The van der Waals surface area contributed by atoms with Crippen molar-refractivity contribution >= 4 is 15.7 Å². The second-order valence-corrected chi connectivity index (χ2v) is 8.90. The van der Waals surface area contributed by atoms with Crippen LogP contribution in [-0.4, -0.2) is 18.0 Å². The number of aryl methyl sites for hydroxylation is 2. The number of anilines is 1. The molecule has 4 rings (SSSR count). The number of hydrogen-bond acceptors (Lipinski definition) is 4. The van der Waals surface area contributed by atoms with Crippen molar-refractivity contribution in [3.63, 3.8) is 0 Å². The first kappa shape index (κ1) is 18.7. The number of benzene rings is 2. The zero-order valence-corrected chi connectivity index (χ0v) is 16.8. The molecular formula is C21H24N4O2S. The van der Waals surface area contributed by atoms with E-state index in [0.29, 0.717) is 5.56 Å². The number of sulfonamides is 1. The van der Waals surface area contributed by atoms with E-state index in [-0.39, 0.29) is 10.9 Å². The van der Waals surface area contributed by atoms with Gasteiger partial charge >= 0.3 is 0 Å². The fourth-order valence-corrected chi connectivity index (χ4v) is 4.87. The molecule has 1 heterocycles. The van der Waals surface area contributed by atoms with Crippen molar-refractivity contribution in [1.82, 2.24) is 9.55 Å². The quantitative estimate of drug-likeness (QED) is 0.706. The Hall–Kier alpha value is -2.64. The van der Waals surface area contributed by atoms with Crippen LogP contribution in [0.25, 0.3) is 11.3 Å². The molecule has 0 fully saturated rings. The van der Waals surface area contributed by atoms with Gasteiger partial charge in [-0.05, 0) is 55.0 Å². The lowest BCUT2D eigenvalue weighted by Gasteiger charge is -2.28. The summed E-state index contributed by atoms with van der Waals surface area (Å²) in [5, 5.41) is 9.08. The van der Waals surface area contributed by atoms with Gasteiger partial charge in [-0.2, -0.15) is 0 Å². The molecule has 0 amide bonds. The lowest BCUT2D eigenvalue weighted by atomic mass is 9.87. The molecule has 1 aliphatic carbocycles. The number of hydrogen-bond donors (Lipinski definition) is 2. The maximum Gasteiger partial charge on any atom is 0.238 e. The van der Waals surface area contributed by atoms with Crippen LogP contribution in [0.1, 0.15) is 35.6 Å². The summed E-state index contributed by atoms with van der Waals surface area (Å²) < 4.78 is 25.9. The largest absolute Gasteiger partial charge is 0.378 e. The molecule has 7 heteroatoms. The molecule has 0 unspecified atom stereocenters. The van der Waals surface area contributed by atoms with Gasteiger partial charge in [0.1, 0.15) is 0 Å². The molecule has 146 valence electrons. The molecule has 0 radical (unpaired) electrons. The summed E-state index contributed by atoms with van der Waals surface area (Å²) in [4.78, 5) is 4.58. The van der Waals surface area contributed by atoms with Crippen LogP contribution >= 0.6 is 0 Å². The third-order valence-electron chi connectivity index (χ3n) is 5.38. The molecule has 0 saturated heterocycles. The van der Waals surface area contributed by atoms with Gasteiger partial charge < -0.3 is 9.88 Å². The molecule has 3 aromatic rings. The van der Waals surface area contributed by atoms with Gasteiger partial charge in [0.25, 0.3) is 0 Å². The molecule has 1 aliphatic rings. The van der Waals surface area contributed by atoms with Crippen molar-refractivity contribution in [3.05, 3.63) is 65.6 Å². The second-order valence-electron chi connectivity index (χ2n) is 7.37. The van der Waals surface area contributed by atoms with Crippen LogP contribution in [0.4, 0.5) is 5.69 Å². The smallest absolute Gasteiger partial charge is 0.238 e. The molecule has 1 atom stereocenters. The number of nitrogens with zero attached hydrogens (tertiary/aromatic N) is 2. The molecule has 0 aliphatic heterocycles. The number of fused-ring (bicyclic) bond motifs is 1. The minimum absolute atomic E-state index is 0.128. The summed E-state index contributed by atoms with van der Waals surface area (Å²) in [5.74, 6) is 0. The summed E-state index contributed by atoms with van der Waals surface area (Å²) in [6.45, 7) is 1.78. The fraction of sp³-hybridized carbons (Fsp3) is 0.286. The van der Waals surface area contributed by atoms with Gasteiger partial charge in [-0.3, -0.25) is 0 Å². The standard InChI is InChI=1S/C21H24N4O2S/c1-14-20(28(22,26)27)11-10-18(21(14)19-12-25(2)13-23-19)24-17-9-5-7-15-6-3-4-8-16(15)17/h3-4,6,8,10-13,17,24H,5,7,9H2,1-2H3,(H2,22,26,27)/t17-/m1/s1. The van der Waals surface area contributed by atoms with Gasteiger partial charge in [-0.25, -0.2) is 18.5 Å². The van der Waals surface area contributed by atoms with Gasteiger partial charge in [0.15, 0.2) is 0 Å². The van der Waals surface area contributed by atoms with E-state index in [0.717, 1.165) is 36.2 Å². The fourth-order valence-electron chi connectivity index (χ4n) is 4.08. The van der Waals surface area contributed by atoms with Crippen LogP contribution in [0.5, 0.6) is 0 Å². The predicted molar refractivity (Wildman–Crippen MR) is 110 cm³/mol. The molecule has 0 bridgehead atoms. The summed E-state index contributed by atoms with van der Waals surface area (Å²) in [5.41, 5.74) is 5.63. The zero-order chi connectivity index (χ0) is 19.9. The number of imidazole rings is 1. The molecule has 0 spiro atoms. The molecule has 0 saturated carbocycles. The molecule has 1 aromatic heterocycles. The van der Waals surface area contributed by atoms with Gasteiger partial charge in [0.05, 0.1) is 23.0 Å². The Morgan fingerprint density at radius 1 is 1.21 bits per heavy atom. The van der Waals surface area contributed by atoms with Crippen molar-refractivity contribution in [1.29, 1.82) is 0 Å². The van der Waals surface area contributed by atoms with Crippen LogP contribution in [-0.2, 0) is 23.5 Å². The van der Waals surface area contributed by atoms with Crippen LogP contribution in [0.2, 0.25) is 0 Å². The third kappa shape index (κ3) is 3.43. The third-order valence-corrected chi connectivity index (χ3v) is 6.44. The normalized spacial score (nSPS) is 16.6. The van der Waals surface area contributed by atoms with Crippen molar-refractivity contribution in [2.24, 2.45) is 12.2 Å². The van der Waals surface area contributed by atoms with E-state index in [1.165, 1.54) is 11.1 Å². The number of aromatic nitrogens is 2. The van der Waals surface area contributed by atoms with Crippen molar-refractivity contribution in [3.8, 4) is 11.3 Å². The Morgan fingerprint density at radius 2 is 2.00 bits per heavy atom. The number of nitrogens with one attached hydrogen (secondary N) is 1. The highest BCUT2D eigenvalue weighted by molar-refractivity contribution is 7.89. The molecule has 6 nitrogen and oxygen atoms in total. The second kappa shape index (κ2) is 7.07. The van der Waals surface area contributed by atoms with E-state index < -0.39 is 10.0 Å². The average molecular weight is 397 g/mol. The SMILES string of the molecule is Cc1c(S(N)(=O)=O)ccc(N[C@@H]2CCCc3ccccc32)c1-c1cn(C)cn1. The van der Waals surface area contributed by atoms with E-state index in [1.54, 1.807) is 25.4 Å². The first-order valence-electron chi connectivity index (χ1n) is 9.33. The Balaban J connectivity index is 1.83. The first-order chi connectivity index (χ1) is 13.3. The maximum atomic E-state index is 12.0. The van der Waals surface area contributed by atoms with E-state index in [9.17, 15) is 8.42 Å². The Kier molecular flexibility index (Phi) is 4.72. The summed E-state index contributed by atoms with van der Waals surface area (Å²) in [6.07, 6.45) is 6.81. The van der Waals surface area contributed by atoms with Crippen molar-refractivity contribution < 1.29 is 8.42 Å². The highest BCUT2D eigenvalue weighted by atomic mass is 32.2. The van der Waals surface area contributed by atoms with Crippen LogP contribution < -0.4 is 10.5 Å². The monoisotopic (exact) mass is 396 g/mol.